The van der Waals surface area contributed by atoms with Crippen LogP contribution in [-0.2, 0) is 0 Å². The fourth-order valence-electron chi connectivity index (χ4n) is 3.12. The molecule has 3 rings (SSSR count). The Hall–Kier alpha value is -3.50. The molecule has 0 saturated heterocycles. The number of dihydropyridines is 1. The Morgan fingerprint density at radius 3 is 1.95 bits per heavy atom. The minimum absolute atomic E-state index is 0.946. The molecule has 1 heterocycles. The molecule has 226 valence electrons. The normalized spacial score (nSPS) is 12.7. The van der Waals surface area contributed by atoms with Gasteiger partial charge in [0.15, 0.2) is 0 Å². The molecule has 0 atom stereocenters. The SMILES string of the molecule is C/C=C\C=C(C)C.C/C=C\C=C/CC.CC.CC.CC#CC.CC1=CC=C(c2cccc(C3=CC=CCC3)c2)NC1. The lowest BCUT2D eigenvalue weighted by Crippen LogP contribution is -2.17. The highest BCUT2D eigenvalue weighted by Gasteiger charge is 2.08. The lowest BCUT2D eigenvalue weighted by atomic mass is 9.95. The molecule has 1 aromatic rings. The number of hydrogen-bond donors (Lipinski definition) is 1. The van der Waals surface area contributed by atoms with Gasteiger partial charge in [0, 0.05) is 12.2 Å². The van der Waals surface area contributed by atoms with Crippen LogP contribution in [0.25, 0.3) is 11.3 Å². The van der Waals surface area contributed by atoms with Crippen molar-refractivity contribution < 1.29 is 0 Å². The monoisotopic (exact) mass is 555 g/mol. The first-order valence-corrected chi connectivity index (χ1v) is 15.4. The van der Waals surface area contributed by atoms with E-state index in [9.17, 15) is 0 Å². The van der Waals surface area contributed by atoms with E-state index in [-0.39, 0.29) is 0 Å². The van der Waals surface area contributed by atoms with Crippen LogP contribution in [0.5, 0.6) is 0 Å². The lowest BCUT2D eigenvalue weighted by molar-refractivity contribution is 0.941. The van der Waals surface area contributed by atoms with E-state index in [0.717, 1.165) is 25.8 Å². The van der Waals surface area contributed by atoms with Crippen molar-refractivity contribution in [3.63, 3.8) is 0 Å². The van der Waals surface area contributed by atoms with Crippen molar-refractivity contribution in [3.8, 4) is 11.8 Å². The third-order valence-corrected chi connectivity index (χ3v) is 5.20. The molecule has 2 aliphatic rings. The molecule has 0 saturated carbocycles. The van der Waals surface area contributed by atoms with E-state index in [0.29, 0.717) is 0 Å². The molecular formula is C40H61N. The van der Waals surface area contributed by atoms with Gasteiger partial charge in [0.1, 0.15) is 0 Å². The summed E-state index contributed by atoms with van der Waals surface area (Å²) in [6, 6.07) is 8.82. The van der Waals surface area contributed by atoms with Crippen molar-refractivity contribution in [2.24, 2.45) is 0 Å². The van der Waals surface area contributed by atoms with Crippen molar-refractivity contribution in [3.05, 3.63) is 119 Å². The van der Waals surface area contributed by atoms with Crippen LogP contribution >= 0.6 is 0 Å². The molecule has 1 aromatic carbocycles. The van der Waals surface area contributed by atoms with Gasteiger partial charge in [-0.2, -0.15) is 0 Å². The summed E-state index contributed by atoms with van der Waals surface area (Å²) in [6.45, 7) is 25.1. The van der Waals surface area contributed by atoms with Gasteiger partial charge in [0.25, 0.3) is 0 Å². The molecule has 0 aromatic heterocycles. The zero-order chi connectivity index (χ0) is 31.7. The van der Waals surface area contributed by atoms with Crippen LogP contribution in [0.4, 0.5) is 0 Å². The zero-order valence-corrected chi connectivity index (χ0v) is 28.6. The lowest BCUT2D eigenvalue weighted by Gasteiger charge is -2.17. The van der Waals surface area contributed by atoms with Crippen molar-refractivity contribution >= 4 is 11.3 Å². The van der Waals surface area contributed by atoms with E-state index >= 15 is 0 Å². The van der Waals surface area contributed by atoms with Crippen LogP contribution in [0, 0.1) is 11.8 Å². The van der Waals surface area contributed by atoms with Gasteiger partial charge in [-0.05, 0) is 96.6 Å². The van der Waals surface area contributed by atoms with Gasteiger partial charge in [0.2, 0.25) is 0 Å². The summed E-state index contributed by atoms with van der Waals surface area (Å²) in [5.41, 5.74) is 8.00. The number of rotatable bonds is 5. The largest absolute Gasteiger partial charge is 0.381 e. The van der Waals surface area contributed by atoms with Gasteiger partial charge in [-0.25, -0.2) is 0 Å². The van der Waals surface area contributed by atoms with E-state index in [4.69, 9.17) is 0 Å². The standard InChI is InChI=1S/C18H19N.2C7H12.C4H6.2C2H6/c1-14-10-11-18(19-13-14)17-9-5-8-16(12-17)15-6-3-2-4-7-15;1-4-5-6-7(2)3;1-3-5-7-6-4-2;1-3-4-2;2*1-2/h2-3,5-6,8-12,19H,4,7,13H2,1H3;4-6H,1-3H3;3,5-7H,4H2,1-2H3;1-2H3;2*1-2H3/b;5-4-;5-3-,7-6-;;;. The molecule has 1 N–H and O–H groups in total. The fourth-order valence-corrected chi connectivity index (χ4v) is 3.12. The minimum atomic E-state index is 0.946. The summed E-state index contributed by atoms with van der Waals surface area (Å²) in [5.74, 6) is 5.36. The minimum Gasteiger partial charge on any atom is -0.381 e. The van der Waals surface area contributed by atoms with E-state index < -0.39 is 0 Å². The van der Waals surface area contributed by atoms with Gasteiger partial charge in [-0.15, -0.1) is 11.8 Å². The van der Waals surface area contributed by atoms with Crippen LogP contribution in [0.2, 0.25) is 0 Å². The van der Waals surface area contributed by atoms with Crippen molar-refractivity contribution in [2.75, 3.05) is 6.54 Å². The van der Waals surface area contributed by atoms with Gasteiger partial charge in [-0.1, -0.05) is 131 Å². The van der Waals surface area contributed by atoms with Crippen molar-refractivity contribution in [1.82, 2.24) is 5.32 Å². The average molecular weight is 556 g/mol. The predicted molar refractivity (Wildman–Crippen MR) is 193 cm³/mol. The van der Waals surface area contributed by atoms with Gasteiger partial charge >= 0.3 is 0 Å². The quantitative estimate of drug-likeness (QED) is 0.281. The number of allylic oxidation sites excluding steroid dienone is 14. The van der Waals surface area contributed by atoms with Gasteiger partial charge in [0.05, 0.1) is 0 Å². The third kappa shape index (κ3) is 25.2. The molecule has 1 aliphatic carbocycles. The molecule has 0 spiro atoms. The van der Waals surface area contributed by atoms with E-state index in [2.05, 4.69) is 118 Å². The third-order valence-electron chi connectivity index (χ3n) is 5.20. The highest BCUT2D eigenvalue weighted by atomic mass is 14.9. The fraction of sp³-hybridized carbons (Fsp3) is 0.400. The maximum absolute atomic E-state index is 3.47. The van der Waals surface area contributed by atoms with E-state index in [1.165, 1.54) is 33.5 Å². The molecule has 0 amide bonds. The van der Waals surface area contributed by atoms with Crippen molar-refractivity contribution in [2.45, 2.75) is 102 Å². The van der Waals surface area contributed by atoms with Crippen LogP contribution in [0.3, 0.4) is 0 Å². The molecule has 1 heteroatoms. The summed E-state index contributed by atoms with van der Waals surface area (Å²) in [6.07, 6.45) is 28.8. The highest BCUT2D eigenvalue weighted by Crippen LogP contribution is 2.26. The van der Waals surface area contributed by atoms with Crippen LogP contribution in [0.1, 0.15) is 113 Å². The maximum atomic E-state index is 3.47. The first-order chi connectivity index (χ1) is 19.9. The summed E-state index contributed by atoms with van der Waals surface area (Å²) in [4.78, 5) is 0. The molecular weight excluding hydrogens is 494 g/mol. The van der Waals surface area contributed by atoms with Crippen LogP contribution in [-0.4, -0.2) is 6.54 Å². The second kappa shape index (κ2) is 32.7. The number of benzene rings is 1. The molecule has 41 heavy (non-hydrogen) atoms. The van der Waals surface area contributed by atoms with Gasteiger partial charge < -0.3 is 5.32 Å². The Morgan fingerprint density at radius 1 is 0.878 bits per heavy atom. The average Bonchev–Trinajstić information content (AvgIpc) is 3.04. The van der Waals surface area contributed by atoms with E-state index in [1.807, 2.05) is 79.7 Å². The summed E-state index contributed by atoms with van der Waals surface area (Å²) in [7, 11) is 0. The predicted octanol–water partition coefficient (Wildman–Crippen LogP) is 12.4. The van der Waals surface area contributed by atoms with Gasteiger partial charge in [-0.3, -0.25) is 0 Å². The summed E-state index contributed by atoms with van der Waals surface area (Å²) < 4.78 is 0. The molecule has 0 unspecified atom stereocenters. The smallest absolute Gasteiger partial charge is 0.0416 e. The van der Waals surface area contributed by atoms with E-state index in [1.54, 1.807) is 0 Å². The highest BCUT2D eigenvalue weighted by molar-refractivity contribution is 5.74. The second-order valence-electron chi connectivity index (χ2n) is 8.82. The first kappa shape index (κ1) is 42.0. The van der Waals surface area contributed by atoms with Crippen LogP contribution < -0.4 is 5.32 Å². The Balaban J connectivity index is -0.000000547. The molecule has 0 fully saturated rings. The molecule has 0 bridgehead atoms. The first-order valence-electron chi connectivity index (χ1n) is 15.4. The number of nitrogens with one attached hydrogen (secondary N) is 1. The Bertz CT molecular complexity index is 1060. The maximum Gasteiger partial charge on any atom is 0.0416 e. The summed E-state index contributed by atoms with van der Waals surface area (Å²) in [5, 5.41) is 3.47. The van der Waals surface area contributed by atoms with Crippen LogP contribution in [0.15, 0.2) is 108 Å². The molecule has 0 radical (unpaired) electrons. The Morgan fingerprint density at radius 2 is 1.51 bits per heavy atom. The molecule has 1 aliphatic heterocycles. The van der Waals surface area contributed by atoms with Crippen molar-refractivity contribution in [1.29, 1.82) is 0 Å². The Kier molecular flexibility index (Phi) is 33.5. The number of hydrogen-bond acceptors (Lipinski definition) is 1. The zero-order valence-electron chi connectivity index (χ0n) is 28.6. The molecule has 1 nitrogen and oxygen atoms in total. The topological polar surface area (TPSA) is 12.0 Å². The summed E-state index contributed by atoms with van der Waals surface area (Å²) >= 11 is 0. The second-order valence-corrected chi connectivity index (χ2v) is 8.82. The Labute approximate surface area is 256 Å².